The van der Waals surface area contributed by atoms with Crippen LogP contribution in [0.5, 0.6) is 0 Å². The van der Waals surface area contributed by atoms with Gasteiger partial charge in [-0.15, -0.1) is 6.58 Å². The van der Waals surface area contributed by atoms with E-state index in [0.717, 1.165) is 31.7 Å². The lowest BCUT2D eigenvalue weighted by molar-refractivity contribution is -0.137. The van der Waals surface area contributed by atoms with E-state index < -0.39 is 11.7 Å². The summed E-state index contributed by atoms with van der Waals surface area (Å²) in [4.78, 5) is 0. The highest BCUT2D eigenvalue weighted by molar-refractivity contribution is 5.47. The molecule has 1 rings (SSSR count). The van der Waals surface area contributed by atoms with E-state index in [9.17, 15) is 13.2 Å². The molecule has 1 unspecified atom stereocenters. The van der Waals surface area contributed by atoms with Gasteiger partial charge in [0.1, 0.15) is 0 Å². The molecule has 0 aromatic heterocycles. The fourth-order valence-corrected chi connectivity index (χ4v) is 2.29. The molecule has 0 aliphatic rings. The van der Waals surface area contributed by atoms with Gasteiger partial charge in [-0.25, -0.2) is 0 Å². The van der Waals surface area contributed by atoms with E-state index in [1.807, 2.05) is 6.08 Å². The molecule has 1 nitrogen and oxygen atoms in total. The van der Waals surface area contributed by atoms with E-state index in [2.05, 4.69) is 18.8 Å². The van der Waals surface area contributed by atoms with Crippen molar-refractivity contribution in [3.63, 3.8) is 0 Å². The highest BCUT2D eigenvalue weighted by Crippen LogP contribution is 2.31. The first-order chi connectivity index (χ1) is 9.97. The molecule has 21 heavy (non-hydrogen) atoms. The molecule has 4 heteroatoms. The maximum Gasteiger partial charge on any atom is 0.416 e. The highest BCUT2D eigenvalue weighted by atomic mass is 19.4. The molecule has 0 heterocycles. The number of benzene rings is 1. The van der Waals surface area contributed by atoms with Crippen LogP contribution in [0.25, 0.3) is 0 Å². The summed E-state index contributed by atoms with van der Waals surface area (Å²) in [6.45, 7) is 5.88. The molecule has 1 aromatic carbocycles. The lowest BCUT2D eigenvalue weighted by atomic mass is 10.0. The Balaban J connectivity index is 2.63. The molecule has 0 amide bonds. The van der Waals surface area contributed by atoms with Crippen LogP contribution < -0.4 is 5.32 Å². The topological polar surface area (TPSA) is 12.0 Å². The van der Waals surface area contributed by atoms with Crippen LogP contribution in [-0.2, 0) is 6.18 Å². The molecule has 0 bridgehead atoms. The van der Waals surface area contributed by atoms with Gasteiger partial charge in [-0.1, -0.05) is 44.7 Å². The standard InChI is InChI=1S/C17H24F3N/c1-3-5-6-7-11-15(9-4-2)21-16-12-8-10-14(13-16)17(18,19)20/h4,8,10,12-13,15,21H,2-3,5-7,9,11H2,1H3. The van der Waals surface area contributed by atoms with Gasteiger partial charge in [-0.3, -0.25) is 0 Å². The fourth-order valence-electron chi connectivity index (χ4n) is 2.29. The highest BCUT2D eigenvalue weighted by Gasteiger charge is 2.30. The van der Waals surface area contributed by atoms with Gasteiger partial charge < -0.3 is 5.32 Å². The number of hydrogen-bond donors (Lipinski definition) is 1. The number of rotatable bonds is 9. The Labute approximate surface area is 125 Å². The normalized spacial score (nSPS) is 13.0. The minimum absolute atomic E-state index is 0.142. The number of alkyl halides is 3. The van der Waals surface area contributed by atoms with E-state index in [4.69, 9.17) is 0 Å². The number of halogens is 3. The SMILES string of the molecule is C=CCC(CCCCCC)Nc1cccc(C(F)(F)F)c1. The summed E-state index contributed by atoms with van der Waals surface area (Å²) in [6.07, 6.45) is 3.83. The van der Waals surface area contributed by atoms with Crippen LogP contribution in [-0.4, -0.2) is 6.04 Å². The Morgan fingerprint density at radius 1 is 1.24 bits per heavy atom. The van der Waals surface area contributed by atoms with Crippen LogP contribution in [0.1, 0.15) is 51.0 Å². The van der Waals surface area contributed by atoms with Crippen LogP contribution in [0.15, 0.2) is 36.9 Å². The molecular formula is C17H24F3N. The minimum atomic E-state index is -4.30. The molecule has 1 N–H and O–H groups in total. The second kappa shape index (κ2) is 8.75. The predicted molar refractivity (Wildman–Crippen MR) is 82.4 cm³/mol. The van der Waals surface area contributed by atoms with Crippen LogP contribution in [0.2, 0.25) is 0 Å². The summed E-state index contributed by atoms with van der Waals surface area (Å²) >= 11 is 0. The summed E-state index contributed by atoms with van der Waals surface area (Å²) in [5.74, 6) is 0. The molecule has 1 atom stereocenters. The van der Waals surface area contributed by atoms with Gasteiger partial charge in [0.05, 0.1) is 5.56 Å². The molecule has 0 radical (unpaired) electrons. The minimum Gasteiger partial charge on any atom is -0.382 e. The van der Waals surface area contributed by atoms with Crippen molar-refractivity contribution in [3.8, 4) is 0 Å². The van der Waals surface area contributed by atoms with Crippen molar-refractivity contribution in [1.82, 2.24) is 0 Å². The lowest BCUT2D eigenvalue weighted by Gasteiger charge is -2.19. The van der Waals surface area contributed by atoms with E-state index in [0.29, 0.717) is 5.69 Å². The van der Waals surface area contributed by atoms with Crippen molar-refractivity contribution in [1.29, 1.82) is 0 Å². The molecule has 0 fully saturated rings. The number of nitrogens with one attached hydrogen (secondary N) is 1. The quantitative estimate of drug-likeness (QED) is 0.433. The Kier molecular flexibility index (Phi) is 7.34. The van der Waals surface area contributed by atoms with Crippen molar-refractivity contribution in [2.75, 3.05) is 5.32 Å². The first-order valence-electron chi connectivity index (χ1n) is 7.52. The molecule has 0 spiro atoms. The molecule has 0 saturated carbocycles. The smallest absolute Gasteiger partial charge is 0.382 e. The molecule has 0 aliphatic carbocycles. The van der Waals surface area contributed by atoms with Crippen LogP contribution in [0, 0.1) is 0 Å². The maximum absolute atomic E-state index is 12.7. The van der Waals surface area contributed by atoms with E-state index in [1.54, 1.807) is 6.07 Å². The van der Waals surface area contributed by atoms with Gasteiger partial charge in [0.15, 0.2) is 0 Å². The summed E-state index contributed by atoms with van der Waals surface area (Å²) in [6, 6.07) is 5.52. The zero-order valence-corrected chi connectivity index (χ0v) is 12.5. The average Bonchev–Trinajstić information content (AvgIpc) is 2.43. The van der Waals surface area contributed by atoms with Gasteiger partial charge >= 0.3 is 6.18 Å². The third-order valence-electron chi connectivity index (χ3n) is 3.42. The Morgan fingerprint density at radius 2 is 2.00 bits per heavy atom. The zero-order valence-electron chi connectivity index (χ0n) is 12.5. The third-order valence-corrected chi connectivity index (χ3v) is 3.42. The first-order valence-corrected chi connectivity index (χ1v) is 7.52. The molecular weight excluding hydrogens is 275 g/mol. The molecule has 1 aromatic rings. The summed E-state index contributed by atoms with van der Waals surface area (Å²) in [7, 11) is 0. The van der Waals surface area contributed by atoms with Gasteiger partial charge in [0.25, 0.3) is 0 Å². The Bertz CT molecular complexity index is 426. The summed E-state index contributed by atoms with van der Waals surface area (Å²) in [5, 5.41) is 3.20. The Hall–Kier alpha value is -1.45. The van der Waals surface area contributed by atoms with Gasteiger partial charge in [-0.05, 0) is 31.0 Å². The fraction of sp³-hybridized carbons (Fsp3) is 0.529. The van der Waals surface area contributed by atoms with Crippen LogP contribution in [0.3, 0.4) is 0 Å². The van der Waals surface area contributed by atoms with Crippen LogP contribution in [0.4, 0.5) is 18.9 Å². The molecule has 0 aliphatic heterocycles. The van der Waals surface area contributed by atoms with Gasteiger partial charge in [0.2, 0.25) is 0 Å². The third kappa shape index (κ3) is 6.69. The van der Waals surface area contributed by atoms with Crippen molar-refractivity contribution < 1.29 is 13.2 Å². The summed E-state index contributed by atoms with van der Waals surface area (Å²) < 4.78 is 38.1. The number of hydrogen-bond acceptors (Lipinski definition) is 1. The monoisotopic (exact) mass is 299 g/mol. The Morgan fingerprint density at radius 3 is 2.62 bits per heavy atom. The maximum atomic E-state index is 12.7. The van der Waals surface area contributed by atoms with Crippen LogP contribution >= 0.6 is 0 Å². The summed E-state index contributed by atoms with van der Waals surface area (Å²) in [5.41, 5.74) is -0.0944. The van der Waals surface area contributed by atoms with Crippen molar-refractivity contribution in [3.05, 3.63) is 42.5 Å². The van der Waals surface area contributed by atoms with E-state index >= 15 is 0 Å². The van der Waals surface area contributed by atoms with Gasteiger partial charge in [0, 0.05) is 11.7 Å². The number of anilines is 1. The number of unbranched alkanes of at least 4 members (excludes halogenated alkanes) is 3. The van der Waals surface area contributed by atoms with Crippen molar-refractivity contribution in [2.45, 2.75) is 57.7 Å². The first kappa shape index (κ1) is 17.6. The van der Waals surface area contributed by atoms with E-state index in [1.165, 1.54) is 25.0 Å². The predicted octanol–water partition coefficient (Wildman–Crippen LogP) is 6.03. The second-order valence-electron chi connectivity index (χ2n) is 5.29. The molecule has 118 valence electrons. The van der Waals surface area contributed by atoms with E-state index in [-0.39, 0.29) is 6.04 Å². The zero-order chi connectivity index (χ0) is 15.7. The van der Waals surface area contributed by atoms with Crippen molar-refractivity contribution >= 4 is 5.69 Å². The van der Waals surface area contributed by atoms with Crippen molar-refractivity contribution in [2.24, 2.45) is 0 Å². The molecule has 0 saturated heterocycles. The average molecular weight is 299 g/mol. The largest absolute Gasteiger partial charge is 0.416 e. The van der Waals surface area contributed by atoms with Gasteiger partial charge in [-0.2, -0.15) is 13.2 Å². The lowest BCUT2D eigenvalue weighted by Crippen LogP contribution is -2.19. The second-order valence-corrected chi connectivity index (χ2v) is 5.29.